The lowest BCUT2D eigenvalue weighted by molar-refractivity contribution is -0.142. The Bertz CT molecular complexity index is 612. The van der Waals surface area contributed by atoms with Crippen LogP contribution in [0.3, 0.4) is 0 Å². The predicted octanol–water partition coefficient (Wildman–Crippen LogP) is 1.97. The van der Waals surface area contributed by atoms with Crippen LogP contribution in [-0.2, 0) is 14.4 Å². The third-order valence-corrected chi connectivity index (χ3v) is 2.66. The fourth-order valence-electron chi connectivity index (χ4n) is 1.78. The van der Waals surface area contributed by atoms with Gasteiger partial charge < -0.3 is 5.32 Å². The first-order chi connectivity index (χ1) is 9.72. The van der Waals surface area contributed by atoms with E-state index in [4.69, 9.17) is 0 Å². The lowest BCUT2D eigenvalue weighted by Crippen LogP contribution is -2.34. The minimum Gasteiger partial charge on any atom is -0.317 e. The Morgan fingerprint density at radius 3 is 2.25 bits per heavy atom. The van der Waals surface area contributed by atoms with Gasteiger partial charge in [0.05, 0.1) is 7.11 Å². The molecule has 0 aliphatic heterocycles. The van der Waals surface area contributed by atoms with Gasteiger partial charge >= 0.3 is 11.8 Å². The molecule has 0 spiro atoms. The molecule has 0 unspecified atom stereocenters. The Kier molecular flexibility index (Phi) is 4.47. The molecular formula is C15H14N2O3. The van der Waals surface area contributed by atoms with Gasteiger partial charge in [-0.2, -0.15) is 0 Å². The van der Waals surface area contributed by atoms with E-state index < -0.39 is 11.8 Å². The summed E-state index contributed by atoms with van der Waals surface area (Å²) in [5.41, 5.74) is 4.33. The number of carbonyl (C=O) groups excluding carboxylic acids is 2. The van der Waals surface area contributed by atoms with Crippen molar-refractivity contribution in [3.8, 4) is 11.1 Å². The van der Waals surface area contributed by atoms with Crippen LogP contribution in [0, 0.1) is 0 Å². The third kappa shape index (κ3) is 3.21. The van der Waals surface area contributed by atoms with Crippen molar-refractivity contribution < 1.29 is 14.4 Å². The van der Waals surface area contributed by atoms with Crippen molar-refractivity contribution in [3.05, 3.63) is 54.6 Å². The first-order valence-corrected chi connectivity index (χ1v) is 6.01. The smallest absolute Gasteiger partial charge is 0.317 e. The molecule has 0 aromatic heterocycles. The molecule has 20 heavy (non-hydrogen) atoms. The van der Waals surface area contributed by atoms with Crippen LogP contribution in [0.15, 0.2) is 54.6 Å². The summed E-state index contributed by atoms with van der Waals surface area (Å²) in [6.07, 6.45) is 0. The number of amides is 2. The maximum absolute atomic E-state index is 11.7. The van der Waals surface area contributed by atoms with E-state index in [1.165, 1.54) is 7.11 Å². The number of hydrogen-bond donors (Lipinski definition) is 2. The molecule has 0 atom stereocenters. The molecule has 5 nitrogen and oxygen atoms in total. The number of para-hydroxylation sites is 1. The molecule has 102 valence electrons. The largest absolute Gasteiger partial charge is 0.333 e. The molecule has 0 aliphatic carbocycles. The number of rotatable bonds is 3. The second-order valence-corrected chi connectivity index (χ2v) is 4.00. The van der Waals surface area contributed by atoms with Crippen molar-refractivity contribution in [2.24, 2.45) is 0 Å². The molecule has 0 bridgehead atoms. The molecule has 0 aliphatic rings. The Balaban J connectivity index is 2.25. The molecule has 2 N–H and O–H groups in total. The van der Waals surface area contributed by atoms with Gasteiger partial charge in [-0.1, -0.05) is 48.5 Å². The molecule has 0 heterocycles. The summed E-state index contributed by atoms with van der Waals surface area (Å²) in [4.78, 5) is 27.4. The summed E-state index contributed by atoms with van der Waals surface area (Å²) >= 11 is 0. The van der Waals surface area contributed by atoms with Crippen LogP contribution in [-0.4, -0.2) is 18.9 Å². The van der Waals surface area contributed by atoms with Crippen LogP contribution in [0.5, 0.6) is 0 Å². The molecular weight excluding hydrogens is 256 g/mol. The summed E-state index contributed by atoms with van der Waals surface area (Å²) in [7, 11) is 1.27. The first-order valence-electron chi connectivity index (χ1n) is 6.01. The van der Waals surface area contributed by atoms with Gasteiger partial charge in [0.2, 0.25) is 0 Å². The van der Waals surface area contributed by atoms with E-state index in [9.17, 15) is 9.59 Å². The monoisotopic (exact) mass is 270 g/mol. The number of hydrogen-bond acceptors (Lipinski definition) is 3. The van der Waals surface area contributed by atoms with Crippen LogP contribution >= 0.6 is 0 Å². The standard InChI is InChI=1S/C15H14N2O3/c1-20-17-15(19)14(18)16-13-10-6-5-9-12(13)11-7-3-2-4-8-11/h2-10H,1H3,(H,16,18)(H,17,19). The SMILES string of the molecule is CONC(=O)C(=O)Nc1ccccc1-c1ccccc1. The number of hydroxylamine groups is 1. The molecule has 2 rings (SSSR count). The van der Waals surface area contributed by atoms with Gasteiger partial charge in [0.15, 0.2) is 0 Å². The van der Waals surface area contributed by atoms with Crippen molar-refractivity contribution in [1.82, 2.24) is 5.48 Å². The molecule has 0 radical (unpaired) electrons. The molecule has 2 aromatic rings. The van der Waals surface area contributed by atoms with E-state index in [2.05, 4.69) is 10.2 Å². The van der Waals surface area contributed by atoms with Gasteiger partial charge in [0.25, 0.3) is 0 Å². The number of nitrogens with one attached hydrogen (secondary N) is 2. The van der Waals surface area contributed by atoms with Crippen LogP contribution < -0.4 is 10.8 Å². The normalized spacial score (nSPS) is 9.85. The van der Waals surface area contributed by atoms with Crippen molar-refractivity contribution in [2.75, 3.05) is 12.4 Å². The minimum absolute atomic E-state index is 0.565. The zero-order valence-electron chi connectivity index (χ0n) is 10.9. The van der Waals surface area contributed by atoms with Gasteiger partial charge in [-0.3, -0.25) is 14.4 Å². The molecule has 0 saturated carbocycles. The van der Waals surface area contributed by atoms with Gasteiger partial charge in [-0.25, -0.2) is 5.48 Å². The Morgan fingerprint density at radius 2 is 1.55 bits per heavy atom. The summed E-state index contributed by atoms with van der Waals surface area (Å²) in [6.45, 7) is 0. The highest BCUT2D eigenvalue weighted by atomic mass is 16.6. The maximum Gasteiger partial charge on any atom is 0.333 e. The third-order valence-electron chi connectivity index (χ3n) is 2.66. The van der Waals surface area contributed by atoms with Crippen molar-refractivity contribution in [1.29, 1.82) is 0 Å². The molecule has 2 amide bonds. The van der Waals surface area contributed by atoms with Crippen LogP contribution in [0.2, 0.25) is 0 Å². The van der Waals surface area contributed by atoms with E-state index >= 15 is 0 Å². The molecule has 0 saturated heterocycles. The number of anilines is 1. The van der Waals surface area contributed by atoms with Gasteiger partial charge in [0.1, 0.15) is 0 Å². The highest BCUT2D eigenvalue weighted by molar-refractivity contribution is 6.39. The van der Waals surface area contributed by atoms with E-state index in [1.807, 2.05) is 47.9 Å². The average Bonchev–Trinajstić information content (AvgIpc) is 2.49. The first kappa shape index (κ1) is 13.8. The lowest BCUT2D eigenvalue weighted by Gasteiger charge is -2.10. The van der Waals surface area contributed by atoms with E-state index in [1.54, 1.807) is 12.1 Å². The lowest BCUT2D eigenvalue weighted by atomic mass is 10.0. The van der Waals surface area contributed by atoms with Gasteiger partial charge in [0, 0.05) is 11.3 Å². The fraction of sp³-hybridized carbons (Fsp3) is 0.0667. The second kappa shape index (κ2) is 6.49. The molecule has 0 fully saturated rings. The van der Waals surface area contributed by atoms with Crippen LogP contribution in [0.1, 0.15) is 0 Å². The highest BCUT2D eigenvalue weighted by Crippen LogP contribution is 2.27. The van der Waals surface area contributed by atoms with Crippen molar-refractivity contribution in [3.63, 3.8) is 0 Å². The fourth-order valence-corrected chi connectivity index (χ4v) is 1.78. The summed E-state index contributed by atoms with van der Waals surface area (Å²) in [6, 6.07) is 16.9. The highest BCUT2D eigenvalue weighted by Gasteiger charge is 2.15. The molecule has 2 aromatic carbocycles. The number of benzene rings is 2. The van der Waals surface area contributed by atoms with E-state index in [0.717, 1.165) is 11.1 Å². The van der Waals surface area contributed by atoms with Gasteiger partial charge in [-0.15, -0.1) is 0 Å². The second-order valence-electron chi connectivity index (χ2n) is 4.00. The zero-order valence-corrected chi connectivity index (χ0v) is 10.9. The zero-order chi connectivity index (χ0) is 14.4. The van der Waals surface area contributed by atoms with Crippen LogP contribution in [0.25, 0.3) is 11.1 Å². The Labute approximate surface area is 116 Å². The average molecular weight is 270 g/mol. The summed E-state index contributed by atoms with van der Waals surface area (Å²) in [5.74, 6) is -1.63. The number of carbonyl (C=O) groups is 2. The summed E-state index contributed by atoms with van der Waals surface area (Å²) < 4.78 is 0. The molecule has 5 heteroatoms. The van der Waals surface area contributed by atoms with Crippen molar-refractivity contribution >= 4 is 17.5 Å². The van der Waals surface area contributed by atoms with Crippen molar-refractivity contribution in [2.45, 2.75) is 0 Å². The Morgan fingerprint density at radius 1 is 0.900 bits per heavy atom. The van der Waals surface area contributed by atoms with Crippen LogP contribution in [0.4, 0.5) is 5.69 Å². The Hall–Kier alpha value is -2.66. The maximum atomic E-state index is 11.7. The summed E-state index contributed by atoms with van der Waals surface area (Å²) in [5, 5.41) is 2.56. The minimum atomic E-state index is -0.852. The quantitative estimate of drug-likeness (QED) is 0.662. The topological polar surface area (TPSA) is 67.4 Å². The van der Waals surface area contributed by atoms with Gasteiger partial charge in [-0.05, 0) is 11.6 Å². The van der Waals surface area contributed by atoms with E-state index in [0.29, 0.717) is 5.69 Å². The van der Waals surface area contributed by atoms with E-state index in [-0.39, 0.29) is 0 Å². The predicted molar refractivity (Wildman–Crippen MR) is 75.7 cm³/mol.